The smallest absolute Gasteiger partial charge is 0.147 e. The van der Waals surface area contributed by atoms with E-state index >= 15 is 0 Å². The minimum absolute atomic E-state index is 0.0292. The van der Waals surface area contributed by atoms with E-state index in [0.717, 1.165) is 29.6 Å². The lowest BCUT2D eigenvalue weighted by Gasteiger charge is -2.22. The minimum atomic E-state index is -0.233. The van der Waals surface area contributed by atoms with Gasteiger partial charge in [0.2, 0.25) is 0 Å². The van der Waals surface area contributed by atoms with Crippen LogP contribution >= 0.6 is 0 Å². The van der Waals surface area contributed by atoms with E-state index in [9.17, 15) is 9.50 Å². The zero-order chi connectivity index (χ0) is 11.1. The van der Waals surface area contributed by atoms with Gasteiger partial charge in [-0.05, 0) is 24.6 Å². The lowest BCUT2D eigenvalue weighted by atomic mass is 10.00. The third-order valence-corrected chi connectivity index (χ3v) is 3.22. The Bertz CT molecular complexity index is 535. The van der Waals surface area contributed by atoms with Crippen LogP contribution in [0.5, 0.6) is 0 Å². The molecule has 1 aromatic carbocycles. The van der Waals surface area contributed by atoms with Crippen molar-refractivity contribution in [1.29, 1.82) is 0 Å². The summed E-state index contributed by atoms with van der Waals surface area (Å²) in [7, 11) is 0. The Morgan fingerprint density at radius 1 is 1.44 bits per heavy atom. The van der Waals surface area contributed by atoms with Crippen molar-refractivity contribution < 1.29 is 9.50 Å². The minimum Gasteiger partial charge on any atom is -0.394 e. The molecular formula is C12H13FN2O. The molecule has 1 aromatic heterocycles. The van der Waals surface area contributed by atoms with Crippen LogP contribution in [0.25, 0.3) is 10.9 Å². The lowest BCUT2D eigenvalue weighted by Crippen LogP contribution is -2.31. The van der Waals surface area contributed by atoms with Crippen LogP contribution in [-0.2, 0) is 6.42 Å². The number of aliphatic hydroxyl groups is 1. The number of halogens is 1. The van der Waals surface area contributed by atoms with E-state index in [0.29, 0.717) is 5.52 Å². The molecule has 3 nitrogen and oxygen atoms in total. The molecule has 2 heterocycles. The van der Waals surface area contributed by atoms with E-state index in [1.54, 1.807) is 6.07 Å². The second-order valence-corrected chi connectivity index (χ2v) is 4.12. The van der Waals surface area contributed by atoms with Crippen molar-refractivity contribution >= 4 is 10.9 Å². The van der Waals surface area contributed by atoms with Gasteiger partial charge in [-0.15, -0.1) is 0 Å². The van der Waals surface area contributed by atoms with Crippen molar-refractivity contribution in [3.63, 3.8) is 0 Å². The van der Waals surface area contributed by atoms with E-state index in [2.05, 4.69) is 10.3 Å². The first-order valence-corrected chi connectivity index (χ1v) is 5.44. The highest BCUT2D eigenvalue weighted by Crippen LogP contribution is 2.30. The summed E-state index contributed by atoms with van der Waals surface area (Å²) < 4.78 is 13.6. The van der Waals surface area contributed by atoms with Crippen LogP contribution in [0, 0.1) is 5.82 Å². The molecule has 0 radical (unpaired) electrons. The first-order valence-electron chi connectivity index (χ1n) is 5.44. The second-order valence-electron chi connectivity index (χ2n) is 4.12. The summed E-state index contributed by atoms with van der Waals surface area (Å²) in [4.78, 5) is 3.09. The monoisotopic (exact) mass is 220 g/mol. The van der Waals surface area contributed by atoms with Gasteiger partial charge in [0.25, 0.3) is 0 Å². The van der Waals surface area contributed by atoms with Crippen molar-refractivity contribution in [1.82, 2.24) is 10.3 Å². The number of rotatable bonds is 1. The first kappa shape index (κ1) is 9.81. The van der Waals surface area contributed by atoms with Gasteiger partial charge in [-0.25, -0.2) is 4.39 Å². The molecule has 1 atom stereocenters. The molecule has 0 fully saturated rings. The van der Waals surface area contributed by atoms with Gasteiger partial charge in [0.05, 0.1) is 18.2 Å². The largest absolute Gasteiger partial charge is 0.394 e. The van der Waals surface area contributed by atoms with Crippen LogP contribution in [0.15, 0.2) is 18.2 Å². The summed E-state index contributed by atoms with van der Waals surface area (Å²) >= 11 is 0. The predicted molar refractivity (Wildman–Crippen MR) is 59.8 cm³/mol. The molecule has 0 bridgehead atoms. The van der Waals surface area contributed by atoms with Crippen molar-refractivity contribution in [2.75, 3.05) is 13.2 Å². The summed E-state index contributed by atoms with van der Waals surface area (Å²) in [5.74, 6) is -0.233. The van der Waals surface area contributed by atoms with Gasteiger partial charge in [0.1, 0.15) is 5.82 Å². The summed E-state index contributed by atoms with van der Waals surface area (Å²) in [5.41, 5.74) is 2.61. The van der Waals surface area contributed by atoms with E-state index < -0.39 is 0 Å². The summed E-state index contributed by atoms with van der Waals surface area (Å²) in [6.07, 6.45) is 0.870. The first-order chi connectivity index (χ1) is 7.81. The number of fused-ring (bicyclic) bond motifs is 3. The van der Waals surface area contributed by atoms with Crippen LogP contribution in [0.4, 0.5) is 4.39 Å². The van der Waals surface area contributed by atoms with Gasteiger partial charge in [-0.3, -0.25) is 0 Å². The Kier molecular flexibility index (Phi) is 2.19. The van der Waals surface area contributed by atoms with Gasteiger partial charge in [0.15, 0.2) is 0 Å². The van der Waals surface area contributed by atoms with Crippen LogP contribution in [-0.4, -0.2) is 23.2 Å². The Balaban J connectivity index is 2.28. The topological polar surface area (TPSA) is 48.0 Å². The van der Waals surface area contributed by atoms with Crippen LogP contribution in [0.3, 0.4) is 0 Å². The molecule has 0 spiro atoms. The third-order valence-electron chi connectivity index (χ3n) is 3.22. The standard InChI is InChI=1S/C12H13FN2O/c13-9-3-1-2-7-8-4-5-14-10(6-16)12(8)15-11(7)9/h1-3,10,14-16H,4-6H2. The number of aromatic nitrogens is 1. The number of benzene rings is 1. The highest BCUT2D eigenvalue weighted by molar-refractivity contribution is 5.85. The predicted octanol–water partition coefficient (Wildman–Crippen LogP) is 1.49. The van der Waals surface area contributed by atoms with Gasteiger partial charge < -0.3 is 15.4 Å². The molecule has 4 heteroatoms. The summed E-state index contributed by atoms with van der Waals surface area (Å²) in [6, 6.07) is 5.00. The van der Waals surface area contributed by atoms with Gasteiger partial charge >= 0.3 is 0 Å². The zero-order valence-corrected chi connectivity index (χ0v) is 8.76. The average Bonchev–Trinajstić information content (AvgIpc) is 2.69. The SMILES string of the molecule is OCC1NCCc2c1[nH]c1c(F)cccc21. The third kappa shape index (κ3) is 1.27. The van der Waals surface area contributed by atoms with E-state index in [-0.39, 0.29) is 18.5 Å². The molecule has 2 aromatic rings. The number of aromatic amines is 1. The van der Waals surface area contributed by atoms with Crippen molar-refractivity contribution in [2.45, 2.75) is 12.5 Å². The normalized spacial score (nSPS) is 20.0. The molecule has 0 aliphatic carbocycles. The number of aliphatic hydroxyl groups excluding tert-OH is 1. The summed E-state index contributed by atoms with van der Waals surface area (Å²) in [6.45, 7) is 0.850. The quantitative estimate of drug-likeness (QED) is 0.682. The fourth-order valence-corrected chi connectivity index (χ4v) is 2.45. The lowest BCUT2D eigenvalue weighted by molar-refractivity contribution is 0.238. The van der Waals surface area contributed by atoms with E-state index in [1.807, 2.05) is 6.07 Å². The van der Waals surface area contributed by atoms with Crippen molar-refractivity contribution in [3.8, 4) is 0 Å². The Hall–Kier alpha value is -1.39. The Morgan fingerprint density at radius 2 is 2.31 bits per heavy atom. The number of H-pyrrole nitrogens is 1. The second kappa shape index (κ2) is 3.57. The Morgan fingerprint density at radius 3 is 3.12 bits per heavy atom. The number of hydrogen-bond acceptors (Lipinski definition) is 2. The molecule has 0 amide bonds. The average molecular weight is 220 g/mol. The van der Waals surface area contributed by atoms with Gasteiger partial charge in [0, 0.05) is 11.1 Å². The fraction of sp³-hybridized carbons (Fsp3) is 0.333. The maximum Gasteiger partial charge on any atom is 0.147 e. The maximum absolute atomic E-state index is 13.6. The number of para-hydroxylation sites is 1. The molecule has 1 aliphatic rings. The van der Waals surface area contributed by atoms with E-state index in [4.69, 9.17) is 0 Å². The van der Waals surface area contributed by atoms with Crippen LogP contribution in [0.1, 0.15) is 17.3 Å². The zero-order valence-electron chi connectivity index (χ0n) is 8.76. The van der Waals surface area contributed by atoms with Crippen molar-refractivity contribution in [3.05, 3.63) is 35.3 Å². The molecule has 0 saturated carbocycles. The number of hydrogen-bond donors (Lipinski definition) is 3. The van der Waals surface area contributed by atoms with Crippen LogP contribution < -0.4 is 5.32 Å². The molecular weight excluding hydrogens is 207 g/mol. The highest BCUT2D eigenvalue weighted by Gasteiger charge is 2.23. The maximum atomic E-state index is 13.6. The van der Waals surface area contributed by atoms with E-state index in [1.165, 1.54) is 6.07 Å². The fourth-order valence-electron chi connectivity index (χ4n) is 2.45. The highest BCUT2D eigenvalue weighted by atomic mass is 19.1. The molecule has 1 aliphatic heterocycles. The van der Waals surface area contributed by atoms with Gasteiger partial charge in [-0.2, -0.15) is 0 Å². The Labute approximate surface area is 92.3 Å². The molecule has 16 heavy (non-hydrogen) atoms. The van der Waals surface area contributed by atoms with Crippen molar-refractivity contribution in [2.24, 2.45) is 0 Å². The molecule has 1 unspecified atom stereocenters. The summed E-state index contributed by atoms with van der Waals surface area (Å²) in [5, 5.41) is 13.4. The number of nitrogens with one attached hydrogen (secondary N) is 2. The molecule has 3 N–H and O–H groups in total. The molecule has 84 valence electrons. The van der Waals surface area contributed by atoms with Gasteiger partial charge in [-0.1, -0.05) is 12.1 Å². The molecule has 0 saturated heterocycles. The van der Waals surface area contributed by atoms with Crippen LogP contribution in [0.2, 0.25) is 0 Å². The molecule has 3 rings (SSSR count).